The number of urea groups is 1. The fraction of sp³-hybridized carbons (Fsp3) is 0.250. The quantitative estimate of drug-likeness (QED) is 0.915. The van der Waals surface area contributed by atoms with Crippen LogP contribution in [0, 0.1) is 5.82 Å². The molecule has 1 N–H and O–H groups in total. The first-order valence-electron chi connectivity index (χ1n) is 5.60. The lowest BCUT2D eigenvalue weighted by Crippen LogP contribution is -2.34. The van der Waals surface area contributed by atoms with E-state index in [2.05, 4.69) is 15.5 Å². The van der Waals surface area contributed by atoms with Gasteiger partial charge < -0.3 is 14.7 Å². The number of rotatable bonds is 3. The maximum atomic E-state index is 13.5. The Labute approximate surface area is 109 Å². The van der Waals surface area contributed by atoms with E-state index in [4.69, 9.17) is 4.52 Å². The van der Waals surface area contributed by atoms with Gasteiger partial charge in [-0.1, -0.05) is 17.3 Å². The van der Waals surface area contributed by atoms with Crippen molar-refractivity contribution in [3.8, 4) is 11.4 Å². The van der Waals surface area contributed by atoms with E-state index in [1.165, 1.54) is 11.0 Å². The molecule has 2 amide bonds. The van der Waals surface area contributed by atoms with Crippen molar-refractivity contribution in [2.45, 2.75) is 6.54 Å². The number of benzene rings is 1. The zero-order valence-electron chi connectivity index (χ0n) is 10.6. The van der Waals surface area contributed by atoms with Crippen LogP contribution < -0.4 is 5.32 Å². The molecule has 6 nitrogen and oxygen atoms in total. The fourth-order valence-electron chi connectivity index (χ4n) is 1.39. The van der Waals surface area contributed by atoms with Crippen molar-refractivity contribution in [2.24, 2.45) is 0 Å². The van der Waals surface area contributed by atoms with Gasteiger partial charge >= 0.3 is 6.03 Å². The van der Waals surface area contributed by atoms with Crippen molar-refractivity contribution in [1.29, 1.82) is 0 Å². The molecule has 2 rings (SSSR count). The topological polar surface area (TPSA) is 71.3 Å². The number of aromatic nitrogens is 2. The molecule has 0 saturated heterocycles. The third-order valence-electron chi connectivity index (χ3n) is 2.38. The number of nitrogens with zero attached hydrogens (tertiary/aromatic N) is 3. The summed E-state index contributed by atoms with van der Waals surface area (Å²) in [5.41, 5.74) is 0.261. The van der Waals surface area contributed by atoms with Crippen LogP contribution in [-0.2, 0) is 6.54 Å². The summed E-state index contributed by atoms with van der Waals surface area (Å²) < 4.78 is 18.4. The largest absolute Gasteiger partial charge is 0.337 e. The number of hydrogen-bond acceptors (Lipinski definition) is 4. The SMILES string of the molecule is CN(C)C(=O)NCc1nc(-c2ccccc2F)no1. The van der Waals surface area contributed by atoms with Crippen LogP contribution in [0.5, 0.6) is 0 Å². The molecule has 0 unspecified atom stereocenters. The molecule has 1 aromatic heterocycles. The van der Waals surface area contributed by atoms with Crippen LogP contribution in [-0.4, -0.2) is 35.2 Å². The summed E-state index contributed by atoms with van der Waals surface area (Å²) >= 11 is 0. The first kappa shape index (κ1) is 13.0. The van der Waals surface area contributed by atoms with Gasteiger partial charge in [0, 0.05) is 14.1 Å². The second-order valence-corrected chi connectivity index (χ2v) is 4.04. The zero-order chi connectivity index (χ0) is 13.8. The number of hydrogen-bond donors (Lipinski definition) is 1. The lowest BCUT2D eigenvalue weighted by Gasteiger charge is -2.09. The van der Waals surface area contributed by atoms with Crippen LogP contribution in [0.2, 0.25) is 0 Å². The molecule has 0 spiro atoms. The van der Waals surface area contributed by atoms with E-state index >= 15 is 0 Å². The van der Waals surface area contributed by atoms with Crippen LogP contribution in [0.15, 0.2) is 28.8 Å². The van der Waals surface area contributed by atoms with Gasteiger partial charge in [0.2, 0.25) is 11.7 Å². The number of nitrogens with one attached hydrogen (secondary N) is 1. The van der Waals surface area contributed by atoms with E-state index in [0.29, 0.717) is 0 Å². The second-order valence-electron chi connectivity index (χ2n) is 4.04. The van der Waals surface area contributed by atoms with Gasteiger partial charge in [0.25, 0.3) is 0 Å². The summed E-state index contributed by atoms with van der Waals surface area (Å²) in [6, 6.07) is 5.87. The average molecular weight is 264 g/mol. The van der Waals surface area contributed by atoms with Crippen molar-refractivity contribution in [2.75, 3.05) is 14.1 Å². The molecule has 0 aliphatic heterocycles. The Balaban J connectivity index is 2.08. The van der Waals surface area contributed by atoms with Crippen LogP contribution in [0.1, 0.15) is 5.89 Å². The zero-order valence-corrected chi connectivity index (χ0v) is 10.6. The summed E-state index contributed by atoms with van der Waals surface area (Å²) in [6.45, 7) is 0.0957. The first-order chi connectivity index (χ1) is 9.08. The molecule has 0 radical (unpaired) electrons. The Morgan fingerprint density at radius 1 is 1.42 bits per heavy atom. The Bertz CT molecular complexity index is 583. The van der Waals surface area contributed by atoms with Gasteiger partial charge in [-0.05, 0) is 12.1 Å². The summed E-state index contributed by atoms with van der Waals surface area (Å²) in [4.78, 5) is 16.7. The first-order valence-corrected chi connectivity index (χ1v) is 5.60. The third kappa shape index (κ3) is 3.06. The summed E-state index contributed by atoms with van der Waals surface area (Å²) in [5, 5.41) is 6.25. The minimum Gasteiger partial charge on any atom is -0.337 e. The third-order valence-corrected chi connectivity index (χ3v) is 2.38. The molecule has 0 fully saturated rings. The van der Waals surface area contributed by atoms with Crippen LogP contribution in [0.25, 0.3) is 11.4 Å². The van der Waals surface area contributed by atoms with Gasteiger partial charge in [-0.25, -0.2) is 9.18 Å². The molecule has 100 valence electrons. The lowest BCUT2D eigenvalue weighted by molar-refractivity contribution is 0.215. The number of carbonyl (C=O) groups is 1. The fourth-order valence-corrected chi connectivity index (χ4v) is 1.39. The minimum atomic E-state index is -0.424. The van der Waals surface area contributed by atoms with Gasteiger partial charge in [-0.2, -0.15) is 4.98 Å². The van der Waals surface area contributed by atoms with Crippen molar-refractivity contribution in [3.05, 3.63) is 36.0 Å². The molecule has 1 aromatic carbocycles. The van der Waals surface area contributed by atoms with Gasteiger partial charge in [-0.3, -0.25) is 0 Å². The number of amides is 2. The van der Waals surface area contributed by atoms with Gasteiger partial charge in [0.05, 0.1) is 12.1 Å². The predicted octanol–water partition coefficient (Wildman–Crippen LogP) is 1.65. The van der Waals surface area contributed by atoms with Crippen LogP contribution in [0.4, 0.5) is 9.18 Å². The molecule has 19 heavy (non-hydrogen) atoms. The highest BCUT2D eigenvalue weighted by molar-refractivity contribution is 5.73. The molecule has 0 aliphatic carbocycles. The Kier molecular flexibility index (Phi) is 3.74. The standard InChI is InChI=1S/C12H13FN4O2/c1-17(2)12(18)14-7-10-15-11(16-19-10)8-5-3-4-6-9(8)13/h3-6H,7H2,1-2H3,(H,14,18). The molecule has 2 aromatic rings. The Hall–Kier alpha value is -2.44. The monoisotopic (exact) mass is 264 g/mol. The van der Waals surface area contributed by atoms with Gasteiger partial charge in [0.15, 0.2) is 0 Å². The Morgan fingerprint density at radius 2 is 2.16 bits per heavy atom. The van der Waals surface area contributed by atoms with E-state index in [1.54, 1.807) is 32.3 Å². The lowest BCUT2D eigenvalue weighted by atomic mass is 10.2. The number of halogens is 1. The molecule has 0 aliphatic rings. The highest BCUT2D eigenvalue weighted by atomic mass is 19.1. The molecule has 1 heterocycles. The Morgan fingerprint density at radius 3 is 2.84 bits per heavy atom. The normalized spacial score (nSPS) is 10.3. The second kappa shape index (κ2) is 5.47. The van der Waals surface area contributed by atoms with Gasteiger partial charge in [-0.15, -0.1) is 0 Å². The van der Waals surface area contributed by atoms with Crippen LogP contribution in [0.3, 0.4) is 0 Å². The molecular formula is C12H13FN4O2. The smallest absolute Gasteiger partial charge is 0.317 e. The highest BCUT2D eigenvalue weighted by Gasteiger charge is 2.13. The molecule has 0 bridgehead atoms. The molecule has 7 heteroatoms. The summed E-state index contributed by atoms with van der Waals surface area (Å²) in [6.07, 6.45) is 0. The van der Waals surface area contributed by atoms with Crippen molar-refractivity contribution in [3.63, 3.8) is 0 Å². The predicted molar refractivity (Wildman–Crippen MR) is 65.6 cm³/mol. The van der Waals surface area contributed by atoms with E-state index in [-0.39, 0.29) is 29.9 Å². The maximum Gasteiger partial charge on any atom is 0.317 e. The van der Waals surface area contributed by atoms with E-state index in [0.717, 1.165) is 0 Å². The summed E-state index contributed by atoms with van der Waals surface area (Å²) in [7, 11) is 3.24. The minimum absolute atomic E-state index is 0.0957. The molecular weight excluding hydrogens is 251 g/mol. The van der Waals surface area contributed by atoms with Crippen molar-refractivity contribution in [1.82, 2.24) is 20.4 Å². The summed E-state index contributed by atoms with van der Waals surface area (Å²) in [5.74, 6) is -0.0483. The van der Waals surface area contributed by atoms with E-state index < -0.39 is 5.82 Å². The average Bonchev–Trinajstić information content (AvgIpc) is 2.85. The molecule has 0 saturated carbocycles. The van der Waals surface area contributed by atoms with Gasteiger partial charge in [0.1, 0.15) is 5.82 Å². The van der Waals surface area contributed by atoms with E-state index in [1.807, 2.05) is 0 Å². The van der Waals surface area contributed by atoms with Crippen molar-refractivity contribution < 1.29 is 13.7 Å². The number of carbonyl (C=O) groups excluding carboxylic acids is 1. The van der Waals surface area contributed by atoms with Crippen LogP contribution >= 0.6 is 0 Å². The highest BCUT2D eigenvalue weighted by Crippen LogP contribution is 2.18. The van der Waals surface area contributed by atoms with E-state index in [9.17, 15) is 9.18 Å². The molecule has 0 atom stereocenters. The maximum absolute atomic E-state index is 13.5. The van der Waals surface area contributed by atoms with Crippen molar-refractivity contribution >= 4 is 6.03 Å².